The first-order valence-corrected chi connectivity index (χ1v) is 11.4. The Morgan fingerprint density at radius 3 is 1.47 bits per heavy atom. The quantitative estimate of drug-likeness (QED) is 0.0947. The van der Waals surface area contributed by atoms with E-state index in [1.165, 1.54) is 44.9 Å². The van der Waals surface area contributed by atoms with Crippen molar-refractivity contribution < 1.29 is 96.7 Å². The zero-order chi connectivity index (χ0) is 24.0. The predicted molar refractivity (Wildman–Crippen MR) is 109 cm³/mol. The molecule has 0 rings (SSSR count). The van der Waals surface area contributed by atoms with Gasteiger partial charge in [-0.25, -0.2) is 8.42 Å². The largest absolute Gasteiger partial charge is 1.00 e. The van der Waals surface area contributed by atoms with Crippen molar-refractivity contribution in [1.82, 2.24) is 0 Å². The van der Waals surface area contributed by atoms with Crippen molar-refractivity contribution in [2.45, 2.75) is 82.8 Å². The van der Waals surface area contributed by atoms with Crippen LogP contribution < -0.4 is 81.4 Å². The monoisotopic (exact) mass is 501 g/mol. The van der Waals surface area contributed by atoms with Gasteiger partial charge in [-0.1, -0.05) is 58.3 Å². The maximum atomic E-state index is 10.4. The first-order valence-electron chi connectivity index (χ1n) is 9.97. The first-order chi connectivity index (χ1) is 13.9. The minimum absolute atomic E-state index is 0. The Morgan fingerprint density at radius 2 is 1.25 bits per heavy atom. The number of aliphatic carboxylic acids is 1. The molecule has 32 heavy (non-hydrogen) atoms. The second-order valence-corrected chi connectivity index (χ2v) is 8.08. The molecule has 0 aliphatic heterocycles. The molecule has 14 heteroatoms. The Kier molecular flexibility index (Phi) is 38.8. The summed E-state index contributed by atoms with van der Waals surface area (Å²) >= 11 is 0. The smallest absolute Gasteiger partial charge is 0.747 e. The van der Waals surface area contributed by atoms with E-state index in [2.05, 4.69) is 12.7 Å². The summed E-state index contributed by atoms with van der Waals surface area (Å²) in [7, 11) is -5.07. The summed E-state index contributed by atoms with van der Waals surface area (Å²) in [6, 6.07) is 0. The molecule has 0 spiro atoms. The molecule has 2 amide bonds. The van der Waals surface area contributed by atoms with Crippen LogP contribution in [-0.4, -0.2) is 54.3 Å². The number of carbonyl (C=O) groups excluding carboxylic acids is 3. The topological polar surface area (TPSA) is 230 Å². The number of carboxylic acids is 1. The normalized spacial score (nSPS) is 10.6. The predicted octanol–water partition coefficient (Wildman–Crippen LogP) is -7.14. The molecule has 0 bridgehead atoms. The molecule has 11 nitrogen and oxygen atoms in total. The molecule has 0 saturated heterocycles. The molecular weight excluding hydrogens is 464 g/mol. The molecule has 180 valence electrons. The summed E-state index contributed by atoms with van der Waals surface area (Å²) in [5.41, 5.74) is 14.3. The molecule has 0 aromatic rings. The number of hydrogen-bond donors (Lipinski definition) is 4. The number of carboxylic acid groups (broad SMARTS) is 1. The molecule has 0 saturated carbocycles. The van der Waals surface area contributed by atoms with E-state index in [1.807, 2.05) is 0 Å². The summed E-state index contributed by atoms with van der Waals surface area (Å²) in [5, 5.41) is 15.3. The van der Waals surface area contributed by atoms with E-state index in [0.717, 1.165) is 12.8 Å². The number of aliphatic hydroxyl groups excluding tert-OH is 1. The fourth-order valence-corrected chi connectivity index (χ4v) is 2.70. The Morgan fingerprint density at radius 1 is 0.875 bits per heavy atom. The molecule has 0 aromatic heterocycles. The molecule has 0 fully saturated rings. The number of unbranched alkanes of at least 4 members (excludes halogenated alkanes) is 8. The second kappa shape index (κ2) is 29.3. The van der Waals surface area contributed by atoms with Gasteiger partial charge >= 0.3 is 59.1 Å². The van der Waals surface area contributed by atoms with Gasteiger partial charge in [0.05, 0.1) is 17.8 Å². The standard InChI is InChI=1S/C12H25NO.C4H7NO6S.C2H7NO.2Na/c1-2-3-4-5-6-7-8-9-10-11-12(13)14;5-3(6)1-2(4(7)8)12(9,10)11;3-1-2-4;;/h2-11H2,1H3,(H2,13,14);2H,1H2,(H2,5,6)(H,7,8)(H,9,10,11);4H,1-3H2;;/q;;;2*+1/p-2. The number of nitrogens with two attached hydrogens (primary N) is 3. The van der Waals surface area contributed by atoms with Crippen LogP contribution in [0.15, 0.2) is 0 Å². The Bertz CT molecular complexity index is 564. The molecule has 1 atom stereocenters. The molecule has 0 heterocycles. The number of hydrogen-bond acceptors (Lipinski definition) is 9. The van der Waals surface area contributed by atoms with E-state index in [-0.39, 0.29) is 71.6 Å². The minimum Gasteiger partial charge on any atom is -0.747 e. The van der Waals surface area contributed by atoms with E-state index >= 15 is 0 Å². The van der Waals surface area contributed by atoms with Crippen molar-refractivity contribution in [2.24, 2.45) is 17.2 Å². The molecule has 0 aromatic carbocycles. The molecule has 1 unspecified atom stereocenters. The van der Waals surface area contributed by atoms with E-state index in [1.54, 1.807) is 0 Å². The third kappa shape index (κ3) is 37.5. The number of primary amides is 2. The van der Waals surface area contributed by atoms with E-state index in [0.29, 0.717) is 13.0 Å². The van der Waals surface area contributed by atoms with Gasteiger partial charge in [0, 0.05) is 19.4 Å². The van der Waals surface area contributed by atoms with Gasteiger partial charge in [-0.3, -0.25) is 9.59 Å². The third-order valence-electron chi connectivity index (χ3n) is 3.65. The Balaban J connectivity index is -0.000000124. The summed E-state index contributed by atoms with van der Waals surface area (Å²) in [5.74, 6) is -3.47. The second-order valence-electron chi connectivity index (χ2n) is 6.53. The van der Waals surface area contributed by atoms with Crippen LogP contribution >= 0.6 is 0 Å². The molecule has 0 radical (unpaired) electrons. The summed E-state index contributed by atoms with van der Waals surface area (Å²) in [6.07, 6.45) is 11.0. The van der Waals surface area contributed by atoms with Crippen LogP contribution in [0.1, 0.15) is 77.6 Å². The minimum atomic E-state index is -5.07. The van der Waals surface area contributed by atoms with Crippen molar-refractivity contribution in [3.63, 3.8) is 0 Å². The first kappa shape index (κ1) is 42.4. The van der Waals surface area contributed by atoms with Gasteiger partial charge in [-0.05, 0) is 6.42 Å². The van der Waals surface area contributed by atoms with Crippen molar-refractivity contribution >= 4 is 27.9 Å². The van der Waals surface area contributed by atoms with Gasteiger partial charge in [-0.15, -0.1) is 0 Å². The van der Waals surface area contributed by atoms with E-state index in [4.69, 9.17) is 16.6 Å². The number of carbonyl (C=O) groups is 3. The van der Waals surface area contributed by atoms with Gasteiger partial charge in [0.1, 0.15) is 10.1 Å². The molecular formula is C18H37N3Na2O8S. The Labute approximate surface area is 236 Å². The fourth-order valence-electron chi connectivity index (χ4n) is 2.10. The van der Waals surface area contributed by atoms with Crippen molar-refractivity contribution in [2.75, 3.05) is 13.2 Å². The molecule has 0 aliphatic carbocycles. The van der Waals surface area contributed by atoms with Crippen LogP contribution in [-0.2, 0) is 24.5 Å². The third-order valence-corrected chi connectivity index (χ3v) is 4.71. The van der Waals surface area contributed by atoms with Gasteiger partial charge in [0.2, 0.25) is 11.8 Å². The number of amides is 2. The fraction of sp³-hybridized carbons (Fsp3) is 0.833. The van der Waals surface area contributed by atoms with Crippen LogP contribution in [0.5, 0.6) is 0 Å². The average molecular weight is 502 g/mol. The van der Waals surface area contributed by atoms with Crippen molar-refractivity contribution in [3.8, 4) is 0 Å². The zero-order valence-corrected chi connectivity index (χ0v) is 24.5. The average Bonchev–Trinajstić information content (AvgIpc) is 2.64. The van der Waals surface area contributed by atoms with Gasteiger partial charge in [0.15, 0.2) is 0 Å². The van der Waals surface area contributed by atoms with E-state index in [9.17, 15) is 32.5 Å². The van der Waals surface area contributed by atoms with Crippen LogP contribution in [0.3, 0.4) is 0 Å². The van der Waals surface area contributed by atoms with Crippen LogP contribution in [0.2, 0.25) is 0 Å². The van der Waals surface area contributed by atoms with Crippen LogP contribution in [0, 0.1) is 0 Å². The van der Waals surface area contributed by atoms with Gasteiger partial charge < -0.3 is 36.8 Å². The maximum Gasteiger partial charge on any atom is 1.00 e. The Hall–Kier alpha value is 0.240. The molecule has 7 N–H and O–H groups in total. The van der Waals surface area contributed by atoms with Gasteiger partial charge in [-0.2, -0.15) is 0 Å². The maximum absolute atomic E-state index is 10.4. The number of aliphatic hydroxyl groups is 1. The summed E-state index contributed by atoms with van der Waals surface area (Å²) in [6.45, 7) is 2.71. The summed E-state index contributed by atoms with van der Waals surface area (Å²) < 4.78 is 30.4. The van der Waals surface area contributed by atoms with Crippen molar-refractivity contribution in [1.29, 1.82) is 0 Å². The zero-order valence-electron chi connectivity index (χ0n) is 19.7. The SMILES string of the molecule is CCCCCCCCCCCC(N)=O.NC(=O)CC(C(=O)[O-])S(=O)(=O)[O-].NCCO.[Na+].[Na+]. The van der Waals surface area contributed by atoms with E-state index < -0.39 is 33.7 Å². The van der Waals surface area contributed by atoms with Crippen molar-refractivity contribution in [3.05, 3.63) is 0 Å². The van der Waals surface area contributed by atoms with Crippen LogP contribution in [0.25, 0.3) is 0 Å². The molecule has 0 aliphatic rings. The van der Waals surface area contributed by atoms with Gasteiger partial charge in [0.25, 0.3) is 0 Å². The number of rotatable bonds is 15. The van der Waals surface area contributed by atoms with Crippen LogP contribution in [0.4, 0.5) is 0 Å². The summed E-state index contributed by atoms with van der Waals surface area (Å²) in [4.78, 5) is 30.5.